The fourth-order valence-electron chi connectivity index (χ4n) is 2.65. The SMILES string of the molecule is COCCN=C(NN)N1CC2CCC1C2. The van der Waals surface area contributed by atoms with Crippen LogP contribution >= 0.6 is 0 Å². The zero-order chi connectivity index (χ0) is 10.7. The van der Waals surface area contributed by atoms with Crippen LogP contribution in [0.25, 0.3) is 0 Å². The number of hydrazine groups is 1. The van der Waals surface area contributed by atoms with E-state index in [4.69, 9.17) is 10.6 Å². The van der Waals surface area contributed by atoms with Crippen molar-refractivity contribution in [1.82, 2.24) is 10.3 Å². The van der Waals surface area contributed by atoms with E-state index in [1.807, 2.05) is 0 Å². The highest BCUT2D eigenvalue weighted by atomic mass is 16.5. The Hall–Kier alpha value is -0.810. The van der Waals surface area contributed by atoms with E-state index in [-0.39, 0.29) is 0 Å². The summed E-state index contributed by atoms with van der Waals surface area (Å²) >= 11 is 0. The van der Waals surface area contributed by atoms with E-state index in [2.05, 4.69) is 15.3 Å². The van der Waals surface area contributed by atoms with Crippen LogP contribution < -0.4 is 11.3 Å². The molecule has 2 fully saturated rings. The van der Waals surface area contributed by atoms with E-state index in [0.29, 0.717) is 19.2 Å². The van der Waals surface area contributed by atoms with Crippen LogP contribution in [0.1, 0.15) is 19.3 Å². The molecule has 5 heteroatoms. The van der Waals surface area contributed by atoms with Crippen LogP contribution in [0.3, 0.4) is 0 Å². The Labute approximate surface area is 90.6 Å². The largest absolute Gasteiger partial charge is 0.383 e. The lowest BCUT2D eigenvalue weighted by molar-refractivity contribution is 0.207. The van der Waals surface area contributed by atoms with E-state index < -0.39 is 0 Å². The van der Waals surface area contributed by atoms with Gasteiger partial charge in [0, 0.05) is 19.7 Å². The predicted octanol–water partition coefficient (Wildman–Crippen LogP) is -0.0636. The maximum absolute atomic E-state index is 5.50. The van der Waals surface area contributed by atoms with Gasteiger partial charge in [-0.3, -0.25) is 5.43 Å². The Morgan fingerprint density at radius 3 is 3.00 bits per heavy atom. The van der Waals surface area contributed by atoms with Crippen molar-refractivity contribution < 1.29 is 4.74 Å². The zero-order valence-corrected chi connectivity index (χ0v) is 9.28. The van der Waals surface area contributed by atoms with E-state index >= 15 is 0 Å². The average molecular weight is 212 g/mol. The summed E-state index contributed by atoms with van der Waals surface area (Å²) < 4.78 is 4.97. The van der Waals surface area contributed by atoms with Gasteiger partial charge in [0.1, 0.15) is 0 Å². The highest BCUT2D eigenvalue weighted by molar-refractivity contribution is 5.80. The van der Waals surface area contributed by atoms with Crippen molar-refractivity contribution in [2.24, 2.45) is 16.8 Å². The van der Waals surface area contributed by atoms with Gasteiger partial charge in [-0.05, 0) is 25.2 Å². The molecule has 15 heavy (non-hydrogen) atoms. The first-order chi connectivity index (χ1) is 7.35. The fourth-order valence-corrected chi connectivity index (χ4v) is 2.65. The highest BCUT2D eigenvalue weighted by Gasteiger charge is 2.39. The quantitative estimate of drug-likeness (QED) is 0.226. The topological polar surface area (TPSA) is 62.9 Å². The third-order valence-electron chi connectivity index (χ3n) is 3.37. The van der Waals surface area contributed by atoms with Crippen LogP contribution in [0.4, 0.5) is 0 Å². The van der Waals surface area contributed by atoms with Gasteiger partial charge >= 0.3 is 0 Å². The third kappa shape index (κ3) is 2.23. The van der Waals surface area contributed by atoms with Gasteiger partial charge in [0.2, 0.25) is 5.96 Å². The summed E-state index contributed by atoms with van der Waals surface area (Å²) in [4.78, 5) is 6.72. The van der Waals surface area contributed by atoms with Gasteiger partial charge in [0.25, 0.3) is 0 Å². The molecule has 1 saturated heterocycles. The van der Waals surface area contributed by atoms with E-state index in [1.165, 1.54) is 19.3 Å². The second-order valence-electron chi connectivity index (χ2n) is 4.33. The molecular formula is C10H20N4O. The van der Waals surface area contributed by atoms with Crippen LogP contribution in [0, 0.1) is 5.92 Å². The number of aliphatic imine (C=N–C) groups is 1. The molecule has 1 aliphatic carbocycles. The van der Waals surface area contributed by atoms with Crippen LogP contribution in [-0.2, 0) is 4.74 Å². The van der Waals surface area contributed by atoms with Crippen LogP contribution in [0.5, 0.6) is 0 Å². The van der Waals surface area contributed by atoms with Crippen molar-refractivity contribution in [3.05, 3.63) is 0 Å². The fraction of sp³-hybridized carbons (Fsp3) is 0.900. The van der Waals surface area contributed by atoms with Crippen molar-refractivity contribution in [2.45, 2.75) is 25.3 Å². The van der Waals surface area contributed by atoms with Crippen molar-refractivity contribution >= 4 is 5.96 Å². The summed E-state index contributed by atoms with van der Waals surface area (Å²) in [6.07, 6.45) is 3.97. The lowest BCUT2D eigenvalue weighted by Gasteiger charge is -2.29. The summed E-state index contributed by atoms with van der Waals surface area (Å²) in [5.74, 6) is 7.19. The summed E-state index contributed by atoms with van der Waals surface area (Å²) in [6, 6.07) is 0.660. The molecule has 1 saturated carbocycles. The lowest BCUT2D eigenvalue weighted by Crippen LogP contribution is -2.48. The van der Waals surface area contributed by atoms with Crippen molar-refractivity contribution in [2.75, 3.05) is 26.8 Å². The van der Waals surface area contributed by atoms with E-state index in [1.54, 1.807) is 7.11 Å². The Morgan fingerprint density at radius 1 is 1.60 bits per heavy atom. The number of guanidine groups is 1. The molecule has 5 nitrogen and oxygen atoms in total. The van der Waals surface area contributed by atoms with Gasteiger partial charge < -0.3 is 9.64 Å². The van der Waals surface area contributed by atoms with E-state index in [9.17, 15) is 0 Å². The molecule has 2 atom stereocenters. The minimum absolute atomic E-state index is 0.646. The molecule has 0 spiro atoms. The number of rotatable bonds is 3. The molecule has 3 N–H and O–H groups in total. The number of hydrogen-bond acceptors (Lipinski definition) is 3. The number of piperidine rings is 1. The Kier molecular flexibility index (Phi) is 3.43. The number of methoxy groups -OCH3 is 1. The summed E-state index contributed by atoms with van der Waals surface area (Å²) in [5.41, 5.74) is 2.71. The van der Waals surface area contributed by atoms with Gasteiger partial charge in [0.15, 0.2) is 0 Å². The van der Waals surface area contributed by atoms with Crippen LogP contribution in [0.2, 0.25) is 0 Å². The molecule has 0 aromatic carbocycles. The minimum atomic E-state index is 0.646. The Morgan fingerprint density at radius 2 is 2.47 bits per heavy atom. The van der Waals surface area contributed by atoms with Gasteiger partial charge in [-0.25, -0.2) is 10.8 Å². The van der Waals surface area contributed by atoms with Crippen LogP contribution in [0.15, 0.2) is 4.99 Å². The first-order valence-electron chi connectivity index (χ1n) is 5.61. The number of ether oxygens (including phenoxy) is 1. The summed E-state index contributed by atoms with van der Waals surface area (Å²) in [6.45, 7) is 2.43. The molecule has 86 valence electrons. The van der Waals surface area contributed by atoms with Gasteiger partial charge in [0.05, 0.1) is 13.2 Å². The summed E-state index contributed by atoms with van der Waals surface area (Å²) in [5, 5.41) is 0. The Bertz CT molecular complexity index is 244. The molecule has 2 rings (SSSR count). The predicted molar refractivity (Wildman–Crippen MR) is 59.3 cm³/mol. The monoisotopic (exact) mass is 212 g/mol. The minimum Gasteiger partial charge on any atom is -0.383 e. The number of nitrogens with zero attached hydrogens (tertiary/aromatic N) is 2. The van der Waals surface area contributed by atoms with Crippen molar-refractivity contribution in [3.63, 3.8) is 0 Å². The molecule has 2 unspecified atom stereocenters. The van der Waals surface area contributed by atoms with Gasteiger partial charge in [-0.2, -0.15) is 0 Å². The average Bonchev–Trinajstić information content (AvgIpc) is 2.86. The maximum Gasteiger partial charge on any atom is 0.208 e. The normalized spacial score (nSPS) is 30.0. The first kappa shape index (κ1) is 10.7. The molecule has 0 radical (unpaired) electrons. The van der Waals surface area contributed by atoms with Gasteiger partial charge in [-0.15, -0.1) is 0 Å². The number of hydrogen-bond donors (Lipinski definition) is 2. The number of fused-ring (bicyclic) bond motifs is 2. The summed E-state index contributed by atoms with van der Waals surface area (Å²) in [7, 11) is 1.68. The van der Waals surface area contributed by atoms with Crippen LogP contribution in [-0.4, -0.2) is 43.7 Å². The van der Waals surface area contributed by atoms with E-state index in [0.717, 1.165) is 18.4 Å². The Balaban J connectivity index is 1.92. The second kappa shape index (κ2) is 4.81. The molecule has 1 heterocycles. The van der Waals surface area contributed by atoms with Crippen molar-refractivity contribution in [3.8, 4) is 0 Å². The molecular weight excluding hydrogens is 192 g/mol. The molecule has 0 aromatic heterocycles. The number of likely N-dealkylation sites (tertiary alicyclic amines) is 1. The second-order valence-corrected chi connectivity index (χ2v) is 4.33. The first-order valence-corrected chi connectivity index (χ1v) is 5.61. The molecule has 2 bridgehead atoms. The van der Waals surface area contributed by atoms with Crippen molar-refractivity contribution in [1.29, 1.82) is 0 Å². The molecule has 0 amide bonds. The van der Waals surface area contributed by atoms with Gasteiger partial charge in [-0.1, -0.05) is 0 Å². The highest BCUT2D eigenvalue weighted by Crippen LogP contribution is 2.37. The third-order valence-corrected chi connectivity index (χ3v) is 3.37. The molecule has 1 aliphatic heterocycles. The zero-order valence-electron chi connectivity index (χ0n) is 9.28. The smallest absolute Gasteiger partial charge is 0.208 e. The standard InChI is InChI=1S/C10H20N4O/c1-15-5-4-12-10(13-11)14-7-8-2-3-9(14)6-8/h8-9H,2-7,11H2,1H3,(H,12,13). The lowest BCUT2D eigenvalue weighted by atomic mass is 10.1. The maximum atomic E-state index is 5.50. The molecule has 0 aromatic rings. The molecule has 2 aliphatic rings. The number of nitrogens with two attached hydrogens (primary N) is 1. The number of nitrogens with one attached hydrogen (secondary N) is 1.